The van der Waals surface area contributed by atoms with Crippen molar-refractivity contribution >= 4 is 68.2 Å². The molecule has 2 heterocycles. The van der Waals surface area contributed by atoms with E-state index in [1.807, 2.05) is 44.2 Å². The summed E-state index contributed by atoms with van der Waals surface area (Å²) in [7, 11) is 0. The second kappa shape index (κ2) is 6.58. The standard InChI is InChI=1S/C17H13BrN2O2S2/c1-9-3-5-13(10(2)7-9)20-16(22)12(15(21)19-17(20)23)8-11-4-6-14(18)24-11/h3-8H,1-2H3,(H,19,21,23). The van der Waals surface area contributed by atoms with E-state index in [0.717, 1.165) is 19.8 Å². The minimum atomic E-state index is -0.476. The predicted octanol–water partition coefficient (Wildman–Crippen LogP) is 3.96. The number of halogens is 1. The molecule has 4 nitrogen and oxygen atoms in total. The molecule has 1 fully saturated rings. The van der Waals surface area contributed by atoms with E-state index in [0.29, 0.717) is 5.69 Å². The third-order valence-electron chi connectivity index (χ3n) is 3.58. The van der Waals surface area contributed by atoms with Gasteiger partial charge >= 0.3 is 0 Å². The van der Waals surface area contributed by atoms with Crippen LogP contribution in [-0.2, 0) is 9.59 Å². The molecule has 0 unspecified atom stereocenters. The van der Waals surface area contributed by atoms with E-state index in [-0.39, 0.29) is 10.7 Å². The fourth-order valence-corrected chi connectivity index (χ4v) is 4.12. The molecule has 0 atom stereocenters. The van der Waals surface area contributed by atoms with Crippen LogP contribution in [0.4, 0.5) is 5.69 Å². The van der Waals surface area contributed by atoms with Gasteiger partial charge in [0.15, 0.2) is 5.11 Å². The normalized spacial score (nSPS) is 16.7. The molecule has 1 aromatic carbocycles. The molecule has 24 heavy (non-hydrogen) atoms. The first-order chi connectivity index (χ1) is 11.4. The zero-order valence-corrected chi connectivity index (χ0v) is 16.1. The maximum Gasteiger partial charge on any atom is 0.270 e. The van der Waals surface area contributed by atoms with Crippen molar-refractivity contribution in [3.8, 4) is 0 Å². The number of nitrogens with one attached hydrogen (secondary N) is 1. The minimum absolute atomic E-state index is 0.0675. The molecule has 1 aromatic heterocycles. The Morgan fingerprint density at radius 1 is 1.21 bits per heavy atom. The van der Waals surface area contributed by atoms with Crippen molar-refractivity contribution in [3.05, 3.63) is 55.7 Å². The number of nitrogens with zero attached hydrogens (tertiary/aromatic N) is 1. The van der Waals surface area contributed by atoms with Gasteiger partial charge in [0.05, 0.1) is 9.47 Å². The van der Waals surface area contributed by atoms with E-state index in [2.05, 4.69) is 21.2 Å². The van der Waals surface area contributed by atoms with Crippen molar-refractivity contribution in [2.45, 2.75) is 13.8 Å². The lowest BCUT2D eigenvalue weighted by Gasteiger charge is -2.30. The van der Waals surface area contributed by atoms with Crippen molar-refractivity contribution in [3.63, 3.8) is 0 Å². The minimum Gasteiger partial charge on any atom is -0.298 e. The third-order valence-corrected chi connectivity index (χ3v) is 5.43. The summed E-state index contributed by atoms with van der Waals surface area (Å²) in [6, 6.07) is 9.44. The van der Waals surface area contributed by atoms with Gasteiger partial charge in [-0.15, -0.1) is 11.3 Å². The van der Waals surface area contributed by atoms with Gasteiger partial charge in [0.2, 0.25) is 0 Å². The summed E-state index contributed by atoms with van der Waals surface area (Å²) in [6.45, 7) is 3.89. The molecule has 3 rings (SSSR count). The van der Waals surface area contributed by atoms with Gasteiger partial charge in [-0.3, -0.25) is 19.8 Å². The summed E-state index contributed by atoms with van der Waals surface area (Å²) in [6.07, 6.45) is 1.59. The number of carbonyl (C=O) groups excluding carboxylic acids is 2. The first kappa shape index (κ1) is 17.0. The molecular weight excluding hydrogens is 408 g/mol. The average molecular weight is 421 g/mol. The van der Waals surface area contributed by atoms with E-state index < -0.39 is 11.8 Å². The van der Waals surface area contributed by atoms with Gasteiger partial charge in [-0.05, 0) is 71.8 Å². The number of amides is 2. The lowest BCUT2D eigenvalue weighted by atomic mass is 10.1. The molecule has 1 aliphatic heterocycles. The van der Waals surface area contributed by atoms with Gasteiger partial charge in [-0.1, -0.05) is 17.7 Å². The van der Waals surface area contributed by atoms with Crippen LogP contribution in [0.3, 0.4) is 0 Å². The van der Waals surface area contributed by atoms with Crippen LogP contribution in [0.25, 0.3) is 6.08 Å². The molecule has 0 aliphatic carbocycles. The monoisotopic (exact) mass is 420 g/mol. The molecule has 122 valence electrons. The zero-order valence-electron chi connectivity index (χ0n) is 12.9. The zero-order chi connectivity index (χ0) is 17.4. The Balaban J connectivity index is 2.04. The van der Waals surface area contributed by atoms with E-state index in [1.54, 1.807) is 6.08 Å². The van der Waals surface area contributed by atoms with Crippen molar-refractivity contribution in [1.29, 1.82) is 0 Å². The number of carbonyl (C=O) groups is 2. The van der Waals surface area contributed by atoms with Crippen molar-refractivity contribution in [1.82, 2.24) is 5.32 Å². The van der Waals surface area contributed by atoms with Crippen molar-refractivity contribution < 1.29 is 9.59 Å². The highest BCUT2D eigenvalue weighted by Gasteiger charge is 2.35. The largest absolute Gasteiger partial charge is 0.298 e. The molecule has 1 aliphatic rings. The summed E-state index contributed by atoms with van der Waals surface area (Å²) < 4.78 is 0.930. The second-order valence-electron chi connectivity index (χ2n) is 5.39. The van der Waals surface area contributed by atoms with Crippen LogP contribution in [0, 0.1) is 13.8 Å². The van der Waals surface area contributed by atoms with Gasteiger partial charge in [0.1, 0.15) is 5.57 Å². The summed E-state index contributed by atoms with van der Waals surface area (Å²) in [5.41, 5.74) is 2.75. The molecule has 0 saturated carbocycles. The molecule has 0 bridgehead atoms. The molecule has 7 heteroatoms. The molecular formula is C17H13BrN2O2S2. The number of thiocarbonyl (C=S) groups is 1. The number of hydrogen-bond donors (Lipinski definition) is 1. The highest BCUT2D eigenvalue weighted by molar-refractivity contribution is 9.11. The maximum absolute atomic E-state index is 12.9. The Bertz CT molecular complexity index is 902. The number of anilines is 1. The lowest BCUT2D eigenvalue weighted by molar-refractivity contribution is -0.122. The Morgan fingerprint density at radius 2 is 1.96 bits per heavy atom. The van der Waals surface area contributed by atoms with Crippen LogP contribution < -0.4 is 10.2 Å². The van der Waals surface area contributed by atoms with Gasteiger partial charge < -0.3 is 0 Å². The first-order valence-corrected chi connectivity index (χ1v) is 9.12. The van der Waals surface area contributed by atoms with Crippen LogP contribution in [0.2, 0.25) is 0 Å². The molecule has 0 spiro atoms. The van der Waals surface area contributed by atoms with Crippen LogP contribution >= 0.6 is 39.5 Å². The van der Waals surface area contributed by atoms with Gasteiger partial charge in [-0.2, -0.15) is 0 Å². The van der Waals surface area contributed by atoms with Crippen molar-refractivity contribution in [2.24, 2.45) is 0 Å². The van der Waals surface area contributed by atoms with Gasteiger partial charge in [-0.25, -0.2) is 0 Å². The number of rotatable bonds is 2. The summed E-state index contributed by atoms with van der Waals surface area (Å²) in [4.78, 5) is 27.3. The van der Waals surface area contributed by atoms with Crippen LogP contribution in [0.15, 0.2) is 39.7 Å². The molecule has 1 saturated heterocycles. The first-order valence-electron chi connectivity index (χ1n) is 7.11. The Labute approximate surface area is 157 Å². The number of thiophene rings is 1. The predicted molar refractivity (Wildman–Crippen MR) is 104 cm³/mol. The molecule has 1 N–H and O–H groups in total. The van der Waals surface area contributed by atoms with E-state index >= 15 is 0 Å². The van der Waals surface area contributed by atoms with E-state index in [1.165, 1.54) is 16.2 Å². The Hall–Kier alpha value is -1.83. The lowest BCUT2D eigenvalue weighted by Crippen LogP contribution is -2.54. The third kappa shape index (κ3) is 3.19. The van der Waals surface area contributed by atoms with Gasteiger partial charge in [0, 0.05) is 4.88 Å². The fraction of sp³-hybridized carbons (Fsp3) is 0.118. The summed E-state index contributed by atoms with van der Waals surface area (Å²) in [5, 5.41) is 2.70. The smallest absolute Gasteiger partial charge is 0.270 e. The van der Waals surface area contributed by atoms with Crippen LogP contribution in [0.1, 0.15) is 16.0 Å². The highest BCUT2D eigenvalue weighted by Crippen LogP contribution is 2.28. The van der Waals surface area contributed by atoms with Crippen molar-refractivity contribution in [2.75, 3.05) is 4.90 Å². The Morgan fingerprint density at radius 3 is 2.58 bits per heavy atom. The van der Waals surface area contributed by atoms with Crippen LogP contribution in [-0.4, -0.2) is 16.9 Å². The van der Waals surface area contributed by atoms with Crippen LogP contribution in [0.5, 0.6) is 0 Å². The fourth-order valence-electron chi connectivity index (χ4n) is 2.48. The topological polar surface area (TPSA) is 49.4 Å². The summed E-state index contributed by atoms with van der Waals surface area (Å²) >= 11 is 10.0. The average Bonchev–Trinajstić information content (AvgIpc) is 2.91. The SMILES string of the molecule is Cc1ccc(N2C(=O)C(=Cc3ccc(Br)s3)C(=O)NC2=S)c(C)c1. The number of benzene rings is 1. The Kier molecular flexibility index (Phi) is 4.67. The molecule has 0 radical (unpaired) electrons. The second-order valence-corrected chi connectivity index (χ2v) is 8.27. The van der Waals surface area contributed by atoms with Gasteiger partial charge in [0.25, 0.3) is 11.8 Å². The highest BCUT2D eigenvalue weighted by atomic mass is 79.9. The number of hydrogen-bond acceptors (Lipinski definition) is 4. The van der Waals surface area contributed by atoms with E-state index in [9.17, 15) is 9.59 Å². The number of aryl methyl sites for hydroxylation is 2. The van der Waals surface area contributed by atoms with E-state index in [4.69, 9.17) is 12.2 Å². The maximum atomic E-state index is 12.9. The molecule has 2 aromatic rings. The quantitative estimate of drug-likeness (QED) is 0.454. The summed E-state index contributed by atoms with van der Waals surface area (Å²) in [5.74, 6) is -0.893. The molecule has 2 amide bonds.